The number of rotatable bonds is 9. The fourth-order valence-electron chi connectivity index (χ4n) is 4.79. The predicted molar refractivity (Wildman–Crippen MR) is 139 cm³/mol. The molecule has 2 saturated heterocycles. The number of nitrogens with two attached hydrogens (primary N) is 1. The Balaban J connectivity index is 1.22. The Morgan fingerprint density at radius 3 is 2.59 bits per heavy atom. The van der Waals surface area contributed by atoms with Crippen LogP contribution in [0, 0.1) is 11.7 Å². The average Bonchev–Trinajstić information content (AvgIpc) is 3.21. The molecule has 0 radical (unpaired) electrons. The molecule has 1 aromatic heterocycles. The van der Waals surface area contributed by atoms with Crippen LogP contribution in [0.3, 0.4) is 0 Å². The first-order chi connectivity index (χ1) is 17.8. The second-order valence-corrected chi connectivity index (χ2v) is 10.2. The van der Waals surface area contributed by atoms with Crippen molar-refractivity contribution in [1.29, 1.82) is 0 Å². The summed E-state index contributed by atoms with van der Waals surface area (Å²) in [6, 6.07) is 8.88. The Hall–Kier alpha value is -3.04. The van der Waals surface area contributed by atoms with Crippen molar-refractivity contribution in [1.82, 2.24) is 14.8 Å². The Labute approximate surface area is 217 Å². The molecule has 2 aromatic rings. The Kier molecular flexibility index (Phi) is 9.10. The van der Waals surface area contributed by atoms with Gasteiger partial charge in [0.1, 0.15) is 17.7 Å². The molecule has 2 fully saturated rings. The molecule has 4 rings (SSSR count). The van der Waals surface area contributed by atoms with Crippen LogP contribution in [0.15, 0.2) is 36.5 Å². The summed E-state index contributed by atoms with van der Waals surface area (Å²) >= 11 is 0. The van der Waals surface area contributed by atoms with Crippen molar-refractivity contribution in [3.05, 3.63) is 47.9 Å². The lowest BCUT2D eigenvalue weighted by atomic mass is 9.98. The number of Topliss-reactive ketones (excluding diaryl/α,β-unsaturated/α-hetero) is 1. The van der Waals surface area contributed by atoms with E-state index in [0.29, 0.717) is 74.1 Å². The standard InChI is InChI=1S/C28H37FN4O4/c1-19(2)37-28(35)33-13-9-20(10-14-33)18-36-23-7-8-25(31-17-23)22-6-5-21(24(29)16-22)4-3-12-32-15-11-26(34)27(32)30/h5-8,16-17,19-20,27H,3-4,9-15,18,30H2,1-2H3. The molecule has 3 heterocycles. The van der Waals surface area contributed by atoms with E-state index < -0.39 is 6.17 Å². The van der Waals surface area contributed by atoms with E-state index in [4.69, 9.17) is 15.2 Å². The van der Waals surface area contributed by atoms with Gasteiger partial charge in [-0.1, -0.05) is 12.1 Å². The molecule has 2 aliphatic heterocycles. The average molecular weight is 513 g/mol. The number of carbonyl (C=O) groups excluding carboxylic acids is 2. The van der Waals surface area contributed by atoms with E-state index in [1.165, 1.54) is 6.07 Å². The zero-order valence-electron chi connectivity index (χ0n) is 21.7. The van der Waals surface area contributed by atoms with Crippen molar-refractivity contribution in [2.24, 2.45) is 11.7 Å². The third-order valence-electron chi connectivity index (χ3n) is 7.04. The first-order valence-electron chi connectivity index (χ1n) is 13.2. The molecule has 200 valence electrons. The number of benzene rings is 1. The summed E-state index contributed by atoms with van der Waals surface area (Å²) in [6.07, 6.45) is 4.34. The van der Waals surface area contributed by atoms with Gasteiger partial charge in [0.2, 0.25) is 0 Å². The van der Waals surface area contributed by atoms with Crippen molar-refractivity contribution in [2.75, 3.05) is 32.8 Å². The monoisotopic (exact) mass is 512 g/mol. The van der Waals surface area contributed by atoms with E-state index in [0.717, 1.165) is 19.3 Å². The molecule has 1 aromatic carbocycles. The van der Waals surface area contributed by atoms with E-state index in [9.17, 15) is 14.0 Å². The van der Waals surface area contributed by atoms with Crippen molar-refractivity contribution in [3.8, 4) is 17.0 Å². The SMILES string of the molecule is CC(C)OC(=O)N1CCC(COc2ccc(-c3ccc(CCCN4CCC(=O)C4N)c(F)c3)nc2)CC1. The first-order valence-corrected chi connectivity index (χ1v) is 13.2. The zero-order valence-corrected chi connectivity index (χ0v) is 21.7. The summed E-state index contributed by atoms with van der Waals surface area (Å²) in [7, 11) is 0. The Morgan fingerprint density at radius 2 is 1.97 bits per heavy atom. The molecule has 2 aliphatic rings. The Morgan fingerprint density at radius 1 is 1.19 bits per heavy atom. The summed E-state index contributed by atoms with van der Waals surface area (Å²) in [5, 5.41) is 0. The highest BCUT2D eigenvalue weighted by Crippen LogP contribution is 2.24. The van der Waals surface area contributed by atoms with Crippen molar-refractivity contribution in [2.45, 2.75) is 58.2 Å². The van der Waals surface area contributed by atoms with Gasteiger partial charge in [0.05, 0.1) is 24.6 Å². The molecule has 0 spiro atoms. The smallest absolute Gasteiger partial charge is 0.410 e. The molecular weight excluding hydrogens is 475 g/mol. The number of aryl methyl sites for hydroxylation is 1. The fraction of sp³-hybridized carbons (Fsp3) is 0.536. The number of hydrogen-bond donors (Lipinski definition) is 1. The minimum absolute atomic E-state index is 0.0746. The lowest BCUT2D eigenvalue weighted by Crippen LogP contribution is -2.41. The van der Waals surface area contributed by atoms with Crippen LogP contribution in [0.5, 0.6) is 5.75 Å². The Bertz CT molecular complexity index is 1070. The molecular formula is C28H37FN4O4. The van der Waals surface area contributed by atoms with Crippen LogP contribution >= 0.6 is 0 Å². The number of likely N-dealkylation sites (tertiary alicyclic amines) is 2. The van der Waals surface area contributed by atoms with Crippen molar-refractivity contribution >= 4 is 11.9 Å². The third-order valence-corrected chi connectivity index (χ3v) is 7.04. The number of ether oxygens (including phenoxy) is 2. The fourth-order valence-corrected chi connectivity index (χ4v) is 4.79. The van der Waals surface area contributed by atoms with Gasteiger partial charge in [-0.3, -0.25) is 14.7 Å². The van der Waals surface area contributed by atoms with Crippen LogP contribution in [-0.4, -0.2) is 71.7 Å². The highest BCUT2D eigenvalue weighted by atomic mass is 19.1. The van der Waals surface area contributed by atoms with Gasteiger partial charge in [-0.25, -0.2) is 9.18 Å². The van der Waals surface area contributed by atoms with Gasteiger partial charge >= 0.3 is 6.09 Å². The summed E-state index contributed by atoms with van der Waals surface area (Å²) in [5.74, 6) is 0.850. The number of ketones is 1. The molecule has 0 aliphatic carbocycles. The number of hydrogen-bond acceptors (Lipinski definition) is 7. The van der Waals surface area contributed by atoms with Crippen LogP contribution in [0.4, 0.5) is 9.18 Å². The van der Waals surface area contributed by atoms with E-state index in [2.05, 4.69) is 4.98 Å². The summed E-state index contributed by atoms with van der Waals surface area (Å²) in [4.78, 5) is 31.8. The summed E-state index contributed by atoms with van der Waals surface area (Å²) in [6.45, 7) is 6.97. The van der Waals surface area contributed by atoms with Crippen molar-refractivity contribution < 1.29 is 23.5 Å². The molecule has 8 nitrogen and oxygen atoms in total. The van der Waals surface area contributed by atoms with E-state index in [-0.39, 0.29) is 23.8 Å². The van der Waals surface area contributed by atoms with Crippen LogP contribution < -0.4 is 10.5 Å². The summed E-state index contributed by atoms with van der Waals surface area (Å²) in [5.41, 5.74) is 7.91. The maximum Gasteiger partial charge on any atom is 0.410 e. The lowest BCUT2D eigenvalue weighted by Gasteiger charge is -2.31. The van der Waals surface area contributed by atoms with E-state index >= 15 is 0 Å². The van der Waals surface area contributed by atoms with E-state index in [1.807, 2.05) is 36.9 Å². The van der Waals surface area contributed by atoms with Gasteiger partial charge < -0.3 is 20.1 Å². The zero-order chi connectivity index (χ0) is 26.4. The van der Waals surface area contributed by atoms with Crippen LogP contribution in [0.1, 0.15) is 45.1 Å². The third kappa shape index (κ3) is 7.26. The molecule has 1 amide bonds. The normalized spacial score (nSPS) is 19.0. The highest BCUT2D eigenvalue weighted by molar-refractivity contribution is 5.85. The van der Waals surface area contributed by atoms with Gasteiger partial charge in [-0.05, 0) is 69.2 Å². The molecule has 0 bridgehead atoms. The number of piperidine rings is 1. The molecule has 1 atom stereocenters. The van der Waals surface area contributed by atoms with Gasteiger partial charge in [-0.15, -0.1) is 0 Å². The second-order valence-electron chi connectivity index (χ2n) is 10.2. The molecule has 2 N–H and O–H groups in total. The number of amides is 1. The first kappa shape index (κ1) is 27.0. The van der Waals surface area contributed by atoms with Crippen LogP contribution in [0.25, 0.3) is 11.3 Å². The van der Waals surface area contributed by atoms with Crippen LogP contribution in [-0.2, 0) is 16.0 Å². The maximum absolute atomic E-state index is 14.7. The van der Waals surface area contributed by atoms with Gasteiger partial charge in [0.25, 0.3) is 0 Å². The van der Waals surface area contributed by atoms with E-state index in [1.54, 1.807) is 17.2 Å². The summed E-state index contributed by atoms with van der Waals surface area (Å²) < 4.78 is 25.9. The number of aromatic nitrogens is 1. The molecule has 1 unspecified atom stereocenters. The quantitative estimate of drug-likeness (QED) is 0.542. The lowest BCUT2D eigenvalue weighted by molar-refractivity contribution is -0.119. The van der Waals surface area contributed by atoms with Gasteiger partial charge in [-0.2, -0.15) is 0 Å². The number of halogens is 1. The molecule has 9 heteroatoms. The van der Waals surface area contributed by atoms with Crippen LogP contribution in [0.2, 0.25) is 0 Å². The van der Waals surface area contributed by atoms with Crippen molar-refractivity contribution in [3.63, 3.8) is 0 Å². The van der Waals surface area contributed by atoms with Gasteiger partial charge in [0.15, 0.2) is 5.78 Å². The minimum atomic E-state index is -0.515. The maximum atomic E-state index is 14.7. The minimum Gasteiger partial charge on any atom is -0.492 e. The number of nitrogens with zero attached hydrogens (tertiary/aromatic N) is 3. The highest BCUT2D eigenvalue weighted by Gasteiger charge is 2.28. The second kappa shape index (κ2) is 12.5. The largest absolute Gasteiger partial charge is 0.492 e. The number of carbonyl (C=O) groups is 2. The molecule has 37 heavy (non-hydrogen) atoms. The molecule has 0 saturated carbocycles. The predicted octanol–water partition coefficient (Wildman–Crippen LogP) is 4.02. The number of pyridine rings is 1. The topological polar surface area (TPSA) is 98.0 Å². The van der Waals surface area contributed by atoms with Gasteiger partial charge in [0, 0.05) is 38.2 Å².